The molecule has 1 fully saturated rings. The smallest absolute Gasteiger partial charge is 0.321 e. The fourth-order valence-corrected chi connectivity index (χ4v) is 3.23. The van der Waals surface area contributed by atoms with Gasteiger partial charge in [0.05, 0.1) is 13.2 Å². The molecule has 2 aromatic carbocycles. The summed E-state index contributed by atoms with van der Waals surface area (Å²) in [5, 5.41) is 5.77. The summed E-state index contributed by atoms with van der Waals surface area (Å²) in [6.07, 6.45) is 0. The Morgan fingerprint density at radius 1 is 1.18 bits per heavy atom. The second-order valence-electron chi connectivity index (χ2n) is 6.89. The molecule has 1 aliphatic rings. The molecule has 0 radical (unpaired) electrons. The summed E-state index contributed by atoms with van der Waals surface area (Å²) in [6, 6.07) is 14.9. The van der Waals surface area contributed by atoms with Crippen LogP contribution in [0.1, 0.15) is 22.0 Å². The van der Waals surface area contributed by atoms with Crippen molar-refractivity contribution in [2.45, 2.75) is 6.04 Å². The van der Waals surface area contributed by atoms with Crippen LogP contribution in [0.15, 0.2) is 48.5 Å². The van der Waals surface area contributed by atoms with Crippen molar-refractivity contribution in [2.75, 3.05) is 45.7 Å². The third-order valence-electron chi connectivity index (χ3n) is 4.88. The second-order valence-corrected chi connectivity index (χ2v) is 6.89. The van der Waals surface area contributed by atoms with Crippen molar-refractivity contribution in [2.24, 2.45) is 0 Å². The molecule has 7 nitrogen and oxygen atoms in total. The maximum Gasteiger partial charge on any atom is 0.321 e. The topological polar surface area (TPSA) is 73.9 Å². The number of nitrogens with zero attached hydrogens (tertiary/aromatic N) is 2. The van der Waals surface area contributed by atoms with Crippen molar-refractivity contribution < 1.29 is 14.3 Å². The molecule has 0 aromatic heterocycles. The Morgan fingerprint density at radius 2 is 1.86 bits per heavy atom. The van der Waals surface area contributed by atoms with E-state index >= 15 is 0 Å². The van der Waals surface area contributed by atoms with E-state index in [0.717, 1.165) is 17.0 Å². The van der Waals surface area contributed by atoms with Gasteiger partial charge in [0.1, 0.15) is 5.75 Å². The first-order valence-electron chi connectivity index (χ1n) is 9.23. The molecule has 3 amide bonds. The summed E-state index contributed by atoms with van der Waals surface area (Å²) in [5.74, 6) is 0.662. The predicted molar refractivity (Wildman–Crippen MR) is 109 cm³/mol. The zero-order chi connectivity index (χ0) is 20.1. The minimum absolute atomic E-state index is 0.0439. The Kier molecular flexibility index (Phi) is 6.16. The van der Waals surface area contributed by atoms with Crippen LogP contribution >= 0.6 is 0 Å². The van der Waals surface area contributed by atoms with Gasteiger partial charge in [-0.25, -0.2) is 4.79 Å². The Hall–Kier alpha value is -3.06. The fourth-order valence-electron chi connectivity index (χ4n) is 3.23. The van der Waals surface area contributed by atoms with Crippen molar-refractivity contribution in [3.8, 4) is 5.75 Å². The van der Waals surface area contributed by atoms with Gasteiger partial charge in [-0.1, -0.05) is 12.1 Å². The van der Waals surface area contributed by atoms with Crippen LogP contribution in [-0.2, 0) is 0 Å². The molecule has 0 spiro atoms. The van der Waals surface area contributed by atoms with Crippen molar-refractivity contribution in [1.82, 2.24) is 15.5 Å². The Morgan fingerprint density at radius 3 is 2.39 bits per heavy atom. The summed E-state index contributed by atoms with van der Waals surface area (Å²) in [7, 11) is 5.61. The lowest BCUT2D eigenvalue weighted by atomic mass is 10.1. The molecule has 0 bridgehead atoms. The van der Waals surface area contributed by atoms with Gasteiger partial charge in [0, 0.05) is 30.9 Å². The lowest BCUT2D eigenvalue weighted by molar-refractivity contribution is 0.0942. The SMILES string of the molecule is COc1ccc(C(CNC(=O)c2ccc(N3CCNC3=O)cc2)N(C)C)cc1. The van der Waals surface area contributed by atoms with E-state index in [0.29, 0.717) is 25.2 Å². The molecule has 148 valence electrons. The van der Waals surface area contributed by atoms with E-state index in [-0.39, 0.29) is 18.0 Å². The van der Waals surface area contributed by atoms with E-state index in [4.69, 9.17) is 4.74 Å². The van der Waals surface area contributed by atoms with E-state index in [1.54, 1.807) is 36.3 Å². The fraction of sp³-hybridized carbons (Fsp3) is 0.333. The number of urea groups is 1. The van der Waals surface area contributed by atoms with Crippen LogP contribution in [0.4, 0.5) is 10.5 Å². The van der Waals surface area contributed by atoms with E-state index < -0.39 is 0 Å². The van der Waals surface area contributed by atoms with E-state index in [1.807, 2.05) is 38.4 Å². The number of benzene rings is 2. The minimum atomic E-state index is -0.141. The molecule has 1 heterocycles. The van der Waals surface area contributed by atoms with E-state index in [2.05, 4.69) is 15.5 Å². The molecule has 28 heavy (non-hydrogen) atoms. The average molecular weight is 382 g/mol. The van der Waals surface area contributed by atoms with Gasteiger partial charge in [-0.05, 0) is 56.1 Å². The van der Waals surface area contributed by atoms with Crippen molar-refractivity contribution in [3.05, 3.63) is 59.7 Å². The molecule has 2 aromatic rings. The van der Waals surface area contributed by atoms with Gasteiger partial charge in [-0.15, -0.1) is 0 Å². The van der Waals surface area contributed by atoms with Gasteiger partial charge < -0.3 is 20.3 Å². The highest BCUT2D eigenvalue weighted by Gasteiger charge is 2.21. The Balaban J connectivity index is 1.63. The van der Waals surface area contributed by atoms with Crippen molar-refractivity contribution >= 4 is 17.6 Å². The summed E-state index contributed by atoms with van der Waals surface area (Å²) in [6.45, 7) is 1.75. The summed E-state index contributed by atoms with van der Waals surface area (Å²) in [5.41, 5.74) is 2.45. The highest BCUT2D eigenvalue weighted by molar-refractivity contribution is 5.97. The molecule has 1 atom stereocenters. The van der Waals surface area contributed by atoms with Gasteiger partial charge in [0.2, 0.25) is 0 Å². The summed E-state index contributed by atoms with van der Waals surface area (Å²) >= 11 is 0. The Bertz CT molecular complexity index is 819. The number of carbonyl (C=O) groups is 2. The molecule has 3 rings (SSSR count). The number of methoxy groups -OCH3 is 1. The van der Waals surface area contributed by atoms with Crippen LogP contribution in [0.25, 0.3) is 0 Å². The summed E-state index contributed by atoms with van der Waals surface area (Å²) < 4.78 is 5.21. The van der Waals surface area contributed by atoms with Gasteiger partial charge in [-0.2, -0.15) is 0 Å². The largest absolute Gasteiger partial charge is 0.497 e. The predicted octanol–water partition coefficient (Wildman–Crippen LogP) is 2.26. The molecule has 0 aliphatic carbocycles. The van der Waals surface area contributed by atoms with Crippen LogP contribution < -0.4 is 20.3 Å². The first kappa shape index (κ1) is 19.7. The number of rotatable bonds is 7. The van der Waals surface area contributed by atoms with Crippen molar-refractivity contribution in [3.63, 3.8) is 0 Å². The first-order valence-corrected chi connectivity index (χ1v) is 9.23. The van der Waals surface area contributed by atoms with Gasteiger partial charge in [0.15, 0.2) is 0 Å². The first-order chi connectivity index (χ1) is 13.5. The number of hydrogen-bond acceptors (Lipinski definition) is 4. The second kappa shape index (κ2) is 8.75. The third-order valence-corrected chi connectivity index (χ3v) is 4.88. The maximum atomic E-state index is 12.6. The average Bonchev–Trinajstić information content (AvgIpc) is 3.14. The Labute approximate surface area is 165 Å². The van der Waals surface area contributed by atoms with Crippen LogP contribution in [-0.4, -0.2) is 57.7 Å². The molecular weight excluding hydrogens is 356 g/mol. The number of hydrogen-bond donors (Lipinski definition) is 2. The number of likely N-dealkylation sites (N-methyl/N-ethyl adjacent to an activating group) is 1. The van der Waals surface area contributed by atoms with Crippen LogP contribution in [0.3, 0.4) is 0 Å². The number of carbonyl (C=O) groups excluding carboxylic acids is 2. The highest BCUT2D eigenvalue weighted by Crippen LogP contribution is 2.21. The lowest BCUT2D eigenvalue weighted by Crippen LogP contribution is -2.34. The normalized spacial score (nSPS) is 14.7. The van der Waals surface area contributed by atoms with Crippen LogP contribution in [0.2, 0.25) is 0 Å². The molecule has 1 aliphatic heterocycles. The minimum Gasteiger partial charge on any atom is -0.497 e. The number of nitrogens with one attached hydrogen (secondary N) is 2. The van der Waals surface area contributed by atoms with Crippen LogP contribution in [0.5, 0.6) is 5.75 Å². The number of ether oxygens (including phenoxy) is 1. The molecule has 1 saturated heterocycles. The molecule has 0 saturated carbocycles. The number of anilines is 1. The molecule has 7 heteroatoms. The molecule has 2 N–H and O–H groups in total. The monoisotopic (exact) mass is 382 g/mol. The van der Waals surface area contributed by atoms with E-state index in [1.165, 1.54) is 0 Å². The zero-order valence-electron chi connectivity index (χ0n) is 16.4. The molecular formula is C21H26N4O3. The highest BCUT2D eigenvalue weighted by atomic mass is 16.5. The van der Waals surface area contributed by atoms with E-state index in [9.17, 15) is 9.59 Å². The van der Waals surface area contributed by atoms with Gasteiger partial charge in [0.25, 0.3) is 5.91 Å². The van der Waals surface area contributed by atoms with Crippen LogP contribution in [0, 0.1) is 0 Å². The van der Waals surface area contributed by atoms with Gasteiger partial charge >= 0.3 is 6.03 Å². The lowest BCUT2D eigenvalue weighted by Gasteiger charge is -2.25. The number of amides is 3. The maximum absolute atomic E-state index is 12.6. The standard InChI is InChI=1S/C21H26N4O3/c1-24(2)19(15-6-10-18(28-3)11-7-15)14-23-20(26)16-4-8-17(9-5-16)25-13-12-22-21(25)27/h4-11,19H,12-14H2,1-3H3,(H,22,27)(H,23,26). The third kappa shape index (κ3) is 4.43. The quantitative estimate of drug-likeness (QED) is 0.770. The molecule has 1 unspecified atom stereocenters. The van der Waals surface area contributed by atoms with Gasteiger partial charge in [-0.3, -0.25) is 9.69 Å². The van der Waals surface area contributed by atoms with Crippen molar-refractivity contribution in [1.29, 1.82) is 0 Å². The summed E-state index contributed by atoms with van der Waals surface area (Å²) in [4.78, 5) is 28.0. The zero-order valence-corrected chi connectivity index (χ0v) is 16.4.